The molecular formula is C13H22F3NO2. The number of hydrogen-bond donors (Lipinski definition) is 1. The van der Waals surface area contributed by atoms with E-state index in [1.807, 2.05) is 0 Å². The second-order valence-corrected chi connectivity index (χ2v) is 5.26. The van der Waals surface area contributed by atoms with Gasteiger partial charge in [-0.25, -0.2) is 0 Å². The van der Waals surface area contributed by atoms with Gasteiger partial charge in [-0.1, -0.05) is 19.8 Å². The molecule has 112 valence electrons. The second-order valence-electron chi connectivity index (χ2n) is 5.26. The van der Waals surface area contributed by atoms with Gasteiger partial charge in [-0.3, -0.25) is 10.1 Å². The van der Waals surface area contributed by atoms with Gasteiger partial charge in [-0.15, -0.1) is 0 Å². The van der Waals surface area contributed by atoms with Gasteiger partial charge in [0.25, 0.3) is 0 Å². The molecule has 0 spiro atoms. The van der Waals surface area contributed by atoms with Gasteiger partial charge in [-0.05, 0) is 31.6 Å². The average molecular weight is 281 g/mol. The first-order chi connectivity index (χ1) is 8.83. The lowest BCUT2D eigenvalue weighted by Gasteiger charge is -2.32. The highest BCUT2D eigenvalue weighted by Crippen LogP contribution is 2.31. The Hall–Kier alpha value is -0.780. The van der Waals surface area contributed by atoms with E-state index in [1.165, 1.54) is 0 Å². The maximum atomic E-state index is 12.3. The number of nitrogens with one attached hydrogen (secondary N) is 1. The van der Waals surface area contributed by atoms with Crippen LogP contribution in [0.4, 0.5) is 13.2 Å². The van der Waals surface area contributed by atoms with Gasteiger partial charge in [-0.2, -0.15) is 13.2 Å². The third-order valence-corrected chi connectivity index (χ3v) is 3.51. The van der Waals surface area contributed by atoms with Crippen LogP contribution in [0, 0.1) is 11.8 Å². The van der Waals surface area contributed by atoms with Crippen LogP contribution in [-0.2, 0) is 9.53 Å². The highest BCUT2D eigenvalue weighted by molar-refractivity contribution is 5.76. The molecule has 1 N–H and O–H groups in total. The number of carbonyl (C=O) groups excluding carboxylic acids is 1. The number of halogens is 3. The maximum absolute atomic E-state index is 12.3. The number of alkyl halides is 3. The van der Waals surface area contributed by atoms with E-state index in [2.05, 4.69) is 12.2 Å². The van der Waals surface area contributed by atoms with Crippen LogP contribution in [0.2, 0.25) is 0 Å². The molecular weight excluding hydrogens is 259 g/mol. The Balaban J connectivity index is 2.65. The van der Waals surface area contributed by atoms with Crippen molar-refractivity contribution in [2.75, 3.05) is 13.2 Å². The zero-order valence-corrected chi connectivity index (χ0v) is 11.4. The number of hydrogen-bond acceptors (Lipinski definition) is 3. The summed E-state index contributed by atoms with van der Waals surface area (Å²) in [6.07, 6.45) is -0.737. The van der Waals surface area contributed by atoms with Crippen molar-refractivity contribution in [1.82, 2.24) is 5.32 Å². The number of ether oxygens (including phenoxy) is 1. The van der Waals surface area contributed by atoms with Crippen LogP contribution in [0.5, 0.6) is 0 Å². The molecule has 0 aromatic carbocycles. The van der Waals surface area contributed by atoms with Crippen LogP contribution >= 0.6 is 0 Å². The first kappa shape index (κ1) is 16.3. The Labute approximate surface area is 111 Å². The molecule has 19 heavy (non-hydrogen) atoms. The van der Waals surface area contributed by atoms with Crippen molar-refractivity contribution >= 4 is 5.97 Å². The molecule has 0 aliphatic heterocycles. The quantitative estimate of drug-likeness (QED) is 0.787. The summed E-state index contributed by atoms with van der Waals surface area (Å²) in [6, 6.07) is -0.843. The maximum Gasteiger partial charge on any atom is 0.401 e. The summed E-state index contributed by atoms with van der Waals surface area (Å²) in [7, 11) is 0. The largest absolute Gasteiger partial charge is 0.465 e. The molecule has 0 bridgehead atoms. The minimum Gasteiger partial charge on any atom is -0.465 e. The van der Waals surface area contributed by atoms with Crippen LogP contribution in [-0.4, -0.2) is 31.3 Å². The Morgan fingerprint density at radius 1 is 1.42 bits per heavy atom. The molecule has 1 saturated carbocycles. The zero-order chi connectivity index (χ0) is 14.5. The SMILES string of the molecule is CCOC(=O)C(NCC(F)(F)F)C1CCCC(C)C1. The highest BCUT2D eigenvalue weighted by atomic mass is 19.4. The molecule has 0 saturated heterocycles. The van der Waals surface area contributed by atoms with Crippen LogP contribution in [0.25, 0.3) is 0 Å². The fourth-order valence-electron chi connectivity index (χ4n) is 2.68. The van der Waals surface area contributed by atoms with E-state index in [4.69, 9.17) is 4.74 Å². The molecule has 3 nitrogen and oxygen atoms in total. The number of rotatable bonds is 5. The summed E-state index contributed by atoms with van der Waals surface area (Å²) in [5, 5.41) is 2.34. The Morgan fingerprint density at radius 2 is 2.11 bits per heavy atom. The molecule has 0 heterocycles. The van der Waals surface area contributed by atoms with Crippen molar-refractivity contribution in [1.29, 1.82) is 0 Å². The molecule has 6 heteroatoms. The van der Waals surface area contributed by atoms with Gasteiger partial charge in [0.2, 0.25) is 0 Å². The minimum absolute atomic E-state index is 0.0647. The Morgan fingerprint density at radius 3 is 2.63 bits per heavy atom. The monoisotopic (exact) mass is 281 g/mol. The van der Waals surface area contributed by atoms with E-state index in [9.17, 15) is 18.0 Å². The van der Waals surface area contributed by atoms with E-state index >= 15 is 0 Å². The molecule has 1 fully saturated rings. The predicted molar refractivity (Wildman–Crippen MR) is 65.6 cm³/mol. The Bertz CT molecular complexity index is 294. The van der Waals surface area contributed by atoms with Gasteiger partial charge in [0.1, 0.15) is 6.04 Å². The number of esters is 1. The molecule has 0 aromatic heterocycles. The molecule has 1 rings (SSSR count). The summed E-state index contributed by atoms with van der Waals surface area (Å²) < 4.78 is 41.8. The molecule has 0 amide bonds. The standard InChI is InChI=1S/C13H22F3NO2/c1-3-19-12(18)11(17-8-13(14,15)16)10-6-4-5-9(2)7-10/h9-11,17H,3-8H2,1-2H3. The molecule has 1 aliphatic carbocycles. The van der Waals surface area contributed by atoms with E-state index in [0.29, 0.717) is 5.92 Å². The first-order valence-electron chi connectivity index (χ1n) is 6.80. The van der Waals surface area contributed by atoms with Crippen molar-refractivity contribution in [3.8, 4) is 0 Å². The highest BCUT2D eigenvalue weighted by Gasteiger charge is 2.36. The fourth-order valence-corrected chi connectivity index (χ4v) is 2.68. The van der Waals surface area contributed by atoms with E-state index in [-0.39, 0.29) is 12.5 Å². The summed E-state index contributed by atoms with van der Waals surface area (Å²) >= 11 is 0. The van der Waals surface area contributed by atoms with Crippen LogP contribution in [0.1, 0.15) is 39.5 Å². The topological polar surface area (TPSA) is 38.3 Å². The summed E-state index contributed by atoms with van der Waals surface area (Å²) in [6.45, 7) is 2.76. The van der Waals surface area contributed by atoms with Crippen LogP contribution < -0.4 is 5.32 Å². The summed E-state index contributed by atoms with van der Waals surface area (Å²) in [5.41, 5.74) is 0. The minimum atomic E-state index is -4.31. The van der Waals surface area contributed by atoms with Gasteiger partial charge < -0.3 is 4.74 Å². The van der Waals surface area contributed by atoms with Crippen molar-refractivity contribution in [2.45, 2.75) is 51.7 Å². The van der Waals surface area contributed by atoms with Crippen molar-refractivity contribution < 1.29 is 22.7 Å². The molecule has 1 aliphatic rings. The van der Waals surface area contributed by atoms with E-state index in [0.717, 1.165) is 25.7 Å². The first-order valence-corrected chi connectivity index (χ1v) is 6.80. The van der Waals surface area contributed by atoms with Gasteiger partial charge in [0, 0.05) is 0 Å². The fraction of sp³-hybridized carbons (Fsp3) is 0.923. The lowest BCUT2D eigenvalue weighted by atomic mass is 9.78. The molecule has 0 aromatic rings. The van der Waals surface area contributed by atoms with Gasteiger partial charge in [0.05, 0.1) is 13.2 Å². The summed E-state index contributed by atoms with van der Waals surface area (Å²) in [4.78, 5) is 11.8. The lowest BCUT2D eigenvalue weighted by Crippen LogP contribution is -2.48. The molecule has 0 radical (unpaired) electrons. The van der Waals surface area contributed by atoms with E-state index < -0.39 is 24.7 Å². The third-order valence-electron chi connectivity index (χ3n) is 3.51. The van der Waals surface area contributed by atoms with Gasteiger partial charge in [0.15, 0.2) is 0 Å². The average Bonchev–Trinajstić information content (AvgIpc) is 2.28. The van der Waals surface area contributed by atoms with Crippen molar-refractivity contribution in [3.63, 3.8) is 0 Å². The Kier molecular flexibility index (Phi) is 6.10. The van der Waals surface area contributed by atoms with Crippen molar-refractivity contribution in [3.05, 3.63) is 0 Å². The van der Waals surface area contributed by atoms with Crippen LogP contribution in [0.3, 0.4) is 0 Å². The molecule has 3 unspecified atom stereocenters. The lowest BCUT2D eigenvalue weighted by molar-refractivity contribution is -0.151. The normalized spacial score (nSPS) is 25.9. The third kappa shape index (κ3) is 5.80. The second kappa shape index (κ2) is 7.12. The zero-order valence-electron chi connectivity index (χ0n) is 11.4. The van der Waals surface area contributed by atoms with Crippen LogP contribution in [0.15, 0.2) is 0 Å². The van der Waals surface area contributed by atoms with Crippen molar-refractivity contribution in [2.24, 2.45) is 11.8 Å². The smallest absolute Gasteiger partial charge is 0.401 e. The van der Waals surface area contributed by atoms with E-state index in [1.54, 1.807) is 6.92 Å². The number of carbonyl (C=O) groups is 1. The van der Waals surface area contributed by atoms with Gasteiger partial charge >= 0.3 is 12.1 Å². The predicted octanol–water partition coefficient (Wildman–Crippen LogP) is 2.90. The molecule has 3 atom stereocenters. The summed E-state index contributed by atoms with van der Waals surface area (Å²) in [5.74, 6) is -0.181.